The number of carbonyl (C=O) groups is 1. The molecule has 0 amide bonds. The molecule has 170 valence electrons. The van der Waals surface area contributed by atoms with Crippen molar-refractivity contribution in [2.75, 3.05) is 40.6 Å². The van der Waals surface area contributed by atoms with E-state index >= 15 is 0 Å². The Bertz CT molecular complexity index is 941. The maximum Gasteiger partial charge on any atom is 0.379 e. The molecule has 31 heavy (non-hydrogen) atoms. The second-order valence-electron chi connectivity index (χ2n) is 7.43. The number of hydrogen-bond donors (Lipinski definition) is 1. The van der Waals surface area contributed by atoms with Crippen molar-refractivity contribution in [3.8, 4) is 28.4 Å². The van der Waals surface area contributed by atoms with Crippen molar-refractivity contribution in [1.29, 1.82) is 0 Å². The van der Waals surface area contributed by atoms with Crippen LogP contribution in [0.3, 0.4) is 0 Å². The first-order valence-electron chi connectivity index (χ1n) is 9.65. The van der Waals surface area contributed by atoms with Crippen LogP contribution < -0.4 is 19.8 Å². The summed E-state index contributed by atoms with van der Waals surface area (Å²) >= 11 is 0. The van der Waals surface area contributed by atoms with Crippen molar-refractivity contribution in [3.63, 3.8) is 0 Å². The highest BCUT2D eigenvalue weighted by molar-refractivity contribution is 5.89. The minimum atomic E-state index is -1.39. The summed E-state index contributed by atoms with van der Waals surface area (Å²) < 4.78 is 32.4. The van der Waals surface area contributed by atoms with E-state index < -0.39 is 17.4 Å². The zero-order chi connectivity index (χ0) is 23.0. The Morgan fingerprint density at radius 1 is 1.03 bits per heavy atom. The molecule has 0 aliphatic carbocycles. The topological polar surface area (TPSA) is 114 Å². The third-order valence-electron chi connectivity index (χ3n) is 4.01. The second kappa shape index (κ2) is 10.8. The summed E-state index contributed by atoms with van der Waals surface area (Å²) in [6.07, 6.45) is 0. The fourth-order valence-corrected chi connectivity index (χ4v) is 2.70. The lowest BCUT2D eigenvalue weighted by molar-refractivity contribution is -0.0162. The van der Waals surface area contributed by atoms with E-state index in [0.29, 0.717) is 23.7 Å². The van der Waals surface area contributed by atoms with E-state index in [9.17, 15) is 14.7 Å². The van der Waals surface area contributed by atoms with Gasteiger partial charge in [0.05, 0.1) is 31.5 Å². The Hall–Kier alpha value is -3.04. The summed E-state index contributed by atoms with van der Waals surface area (Å²) in [6.45, 7) is 6.64. The summed E-state index contributed by atoms with van der Waals surface area (Å²) in [7, 11) is 2.95. The SMILES string of the molecule is COCCOc1c(-c2c(OC)cccc2OCCOC(C)(C)C)cc(C(=O)O)oc1=O. The van der Waals surface area contributed by atoms with Gasteiger partial charge in [0.2, 0.25) is 11.5 Å². The first-order valence-corrected chi connectivity index (χ1v) is 9.65. The van der Waals surface area contributed by atoms with Crippen LogP contribution in [0.5, 0.6) is 17.2 Å². The van der Waals surface area contributed by atoms with Gasteiger partial charge in [0.25, 0.3) is 0 Å². The molecule has 0 spiro atoms. The summed E-state index contributed by atoms with van der Waals surface area (Å²) in [4.78, 5) is 24.0. The molecular weight excluding hydrogens is 408 g/mol. The van der Waals surface area contributed by atoms with Crippen LogP contribution in [-0.4, -0.2) is 57.3 Å². The standard InChI is InChI=1S/C22H28O9/c1-22(2,3)30-12-11-28-16-8-6-7-15(27-5)18(16)14-13-17(20(23)24)31-21(25)19(14)29-10-9-26-4/h6-8,13H,9-12H2,1-5H3,(H,23,24). The molecule has 0 saturated heterocycles. The zero-order valence-electron chi connectivity index (χ0n) is 18.4. The maximum absolute atomic E-state index is 12.5. The van der Waals surface area contributed by atoms with Crippen molar-refractivity contribution in [3.05, 3.63) is 40.4 Å². The molecule has 1 aromatic carbocycles. The summed E-state index contributed by atoms with van der Waals surface area (Å²) in [6, 6.07) is 6.28. The predicted octanol–water partition coefficient (Wildman–Crippen LogP) is 3.23. The van der Waals surface area contributed by atoms with Crippen molar-refractivity contribution in [2.24, 2.45) is 0 Å². The fourth-order valence-electron chi connectivity index (χ4n) is 2.70. The van der Waals surface area contributed by atoms with Gasteiger partial charge in [-0.3, -0.25) is 0 Å². The Kier molecular flexibility index (Phi) is 8.47. The van der Waals surface area contributed by atoms with E-state index in [0.717, 1.165) is 0 Å². The molecule has 0 saturated carbocycles. The molecule has 0 fully saturated rings. The smallest absolute Gasteiger partial charge is 0.379 e. The third kappa shape index (κ3) is 6.73. The Morgan fingerprint density at radius 3 is 2.32 bits per heavy atom. The van der Waals surface area contributed by atoms with Gasteiger partial charge in [-0.25, -0.2) is 9.59 Å². The van der Waals surface area contributed by atoms with Gasteiger partial charge >= 0.3 is 11.6 Å². The molecule has 1 heterocycles. The van der Waals surface area contributed by atoms with Gasteiger partial charge in [0.1, 0.15) is 24.7 Å². The minimum absolute atomic E-state index is 0.0610. The van der Waals surface area contributed by atoms with Crippen LogP contribution in [0.15, 0.2) is 33.5 Å². The highest BCUT2D eigenvalue weighted by Gasteiger charge is 2.24. The van der Waals surface area contributed by atoms with Crippen LogP contribution in [-0.2, 0) is 9.47 Å². The molecule has 9 heteroatoms. The molecule has 0 aliphatic heterocycles. The monoisotopic (exact) mass is 436 g/mol. The Labute approximate surface area is 180 Å². The highest BCUT2D eigenvalue weighted by Crippen LogP contribution is 2.42. The van der Waals surface area contributed by atoms with Gasteiger partial charge < -0.3 is 33.2 Å². The number of carboxylic acids is 1. The average Bonchev–Trinajstić information content (AvgIpc) is 2.71. The normalized spacial score (nSPS) is 11.3. The molecule has 0 atom stereocenters. The van der Waals surface area contributed by atoms with Gasteiger partial charge in [-0.1, -0.05) is 6.07 Å². The first kappa shape index (κ1) is 24.2. The van der Waals surface area contributed by atoms with Gasteiger partial charge in [-0.05, 0) is 32.9 Å². The number of carboxylic acid groups (broad SMARTS) is 1. The lowest BCUT2D eigenvalue weighted by Crippen LogP contribution is -2.22. The molecule has 0 unspecified atom stereocenters. The predicted molar refractivity (Wildman–Crippen MR) is 112 cm³/mol. The van der Waals surface area contributed by atoms with Crippen molar-refractivity contribution in [2.45, 2.75) is 26.4 Å². The van der Waals surface area contributed by atoms with E-state index in [1.54, 1.807) is 18.2 Å². The third-order valence-corrected chi connectivity index (χ3v) is 4.01. The minimum Gasteiger partial charge on any atom is -0.496 e. The molecule has 9 nitrogen and oxygen atoms in total. The lowest BCUT2D eigenvalue weighted by atomic mass is 10.0. The fraction of sp³-hybridized carbons (Fsp3) is 0.455. The van der Waals surface area contributed by atoms with Crippen LogP contribution in [0, 0.1) is 0 Å². The number of benzene rings is 1. The molecule has 0 radical (unpaired) electrons. The Morgan fingerprint density at radius 2 is 1.71 bits per heavy atom. The maximum atomic E-state index is 12.5. The van der Waals surface area contributed by atoms with Crippen LogP contribution in [0.1, 0.15) is 31.3 Å². The molecule has 1 aromatic heterocycles. The average molecular weight is 436 g/mol. The number of rotatable bonds is 11. The Balaban J connectivity index is 2.53. The summed E-state index contributed by atoms with van der Waals surface area (Å²) in [5.41, 5.74) is -0.714. The van der Waals surface area contributed by atoms with Crippen LogP contribution in [0.2, 0.25) is 0 Å². The van der Waals surface area contributed by atoms with Crippen LogP contribution >= 0.6 is 0 Å². The molecular formula is C22H28O9. The van der Waals surface area contributed by atoms with Crippen LogP contribution in [0.4, 0.5) is 0 Å². The quantitative estimate of drug-likeness (QED) is 0.530. The van der Waals surface area contributed by atoms with E-state index in [1.165, 1.54) is 20.3 Å². The molecule has 0 bridgehead atoms. The molecule has 0 aliphatic rings. The molecule has 2 aromatic rings. The number of methoxy groups -OCH3 is 2. The van der Waals surface area contributed by atoms with Gasteiger partial charge in [-0.15, -0.1) is 0 Å². The van der Waals surface area contributed by atoms with Crippen molar-refractivity contribution < 1.29 is 38.0 Å². The van der Waals surface area contributed by atoms with Gasteiger partial charge in [0.15, 0.2) is 0 Å². The van der Waals surface area contributed by atoms with E-state index in [4.69, 9.17) is 28.1 Å². The van der Waals surface area contributed by atoms with E-state index in [2.05, 4.69) is 0 Å². The van der Waals surface area contributed by atoms with E-state index in [-0.39, 0.29) is 36.7 Å². The highest BCUT2D eigenvalue weighted by atomic mass is 16.5. The molecule has 2 rings (SSSR count). The summed E-state index contributed by atoms with van der Waals surface area (Å²) in [5, 5.41) is 9.36. The largest absolute Gasteiger partial charge is 0.496 e. The number of ether oxygens (including phenoxy) is 5. The lowest BCUT2D eigenvalue weighted by Gasteiger charge is -2.21. The molecule has 1 N–H and O–H groups in total. The van der Waals surface area contributed by atoms with Crippen LogP contribution in [0.25, 0.3) is 11.1 Å². The van der Waals surface area contributed by atoms with Crippen molar-refractivity contribution in [1.82, 2.24) is 0 Å². The zero-order valence-corrected chi connectivity index (χ0v) is 18.4. The number of hydrogen-bond acceptors (Lipinski definition) is 8. The number of aromatic carboxylic acids is 1. The van der Waals surface area contributed by atoms with Gasteiger partial charge in [-0.2, -0.15) is 0 Å². The second-order valence-corrected chi connectivity index (χ2v) is 7.43. The van der Waals surface area contributed by atoms with Gasteiger partial charge in [0, 0.05) is 18.7 Å². The summed E-state index contributed by atoms with van der Waals surface area (Å²) in [5.74, 6) is -1.35. The first-order chi connectivity index (χ1) is 14.7. The van der Waals surface area contributed by atoms with E-state index in [1.807, 2.05) is 20.8 Å². The van der Waals surface area contributed by atoms with Crippen molar-refractivity contribution >= 4 is 5.97 Å².